The summed E-state index contributed by atoms with van der Waals surface area (Å²) in [6.45, 7) is 0. The van der Waals surface area contributed by atoms with Gasteiger partial charge in [0.25, 0.3) is 5.56 Å². The first-order valence-corrected chi connectivity index (χ1v) is 9.21. The fourth-order valence-electron chi connectivity index (χ4n) is 2.85. The van der Waals surface area contributed by atoms with Crippen molar-refractivity contribution in [3.63, 3.8) is 0 Å². The van der Waals surface area contributed by atoms with Crippen LogP contribution in [0.4, 0.5) is 0 Å². The van der Waals surface area contributed by atoms with Gasteiger partial charge in [-0.15, -0.1) is 11.3 Å². The van der Waals surface area contributed by atoms with E-state index in [0.717, 1.165) is 26.3 Å². The molecule has 0 saturated heterocycles. The van der Waals surface area contributed by atoms with Crippen molar-refractivity contribution >= 4 is 44.7 Å². The van der Waals surface area contributed by atoms with E-state index in [1.165, 1.54) is 0 Å². The Balaban J connectivity index is 1.46. The minimum Gasteiger partial charge on any atom is -0.454 e. The van der Waals surface area contributed by atoms with E-state index in [4.69, 9.17) is 4.42 Å². The molecule has 0 aliphatic heterocycles. The molecule has 0 bridgehead atoms. The number of furan rings is 1. The minimum atomic E-state index is -0.233. The standard InChI is InChI=1S/C21H13N3O2S/c25-20-17(22-14-5-1-2-6-15(14)23-20)11-9-13-10-12-18(26-13)21-24-16-7-3-4-8-19(16)27-21/h1-12H,(H,23,25)/b11-9+. The summed E-state index contributed by atoms with van der Waals surface area (Å²) in [6.07, 6.45) is 3.40. The molecular weight excluding hydrogens is 358 g/mol. The summed E-state index contributed by atoms with van der Waals surface area (Å²) in [5.74, 6) is 1.34. The van der Waals surface area contributed by atoms with Crippen molar-refractivity contribution in [2.45, 2.75) is 0 Å². The molecule has 5 nitrogen and oxygen atoms in total. The van der Waals surface area contributed by atoms with Crippen LogP contribution in [0.25, 0.3) is 44.2 Å². The number of nitrogens with zero attached hydrogens (tertiary/aromatic N) is 2. The van der Waals surface area contributed by atoms with Crippen molar-refractivity contribution in [3.8, 4) is 10.8 Å². The Labute approximate surface area is 157 Å². The third-order valence-corrected chi connectivity index (χ3v) is 5.21. The second-order valence-corrected chi connectivity index (χ2v) is 7.02. The van der Waals surface area contributed by atoms with Crippen LogP contribution in [0.2, 0.25) is 0 Å². The number of hydrogen-bond donors (Lipinski definition) is 1. The van der Waals surface area contributed by atoms with Gasteiger partial charge in [0.1, 0.15) is 11.5 Å². The SMILES string of the molecule is O=c1[nH]c2ccccc2nc1/C=C/c1ccc(-c2nc3ccccc3s2)o1. The third kappa shape index (κ3) is 2.96. The van der Waals surface area contributed by atoms with Crippen LogP contribution in [0, 0.1) is 0 Å². The lowest BCUT2D eigenvalue weighted by Crippen LogP contribution is -2.11. The molecule has 1 N–H and O–H groups in total. The molecule has 0 aliphatic carbocycles. The molecule has 0 aliphatic rings. The van der Waals surface area contributed by atoms with Crippen molar-refractivity contribution in [1.82, 2.24) is 15.0 Å². The highest BCUT2D eigenvalue weighted by Crippen LogP contribution is 2.31. The summed E-state index contributed by atoms with van der Waals surface area (Å²) in [7, 11) is 0. The van der Waals surface area contributed by atoms with Gasteiger partial charge in [0, 0.05) is 0 Å². The quantitative estimate of drug-likeness (QED) is 0.486. The Morgan fingerprint density at radius 3 is 2.59 bits per heavy atom. The Morgan fingerprint density at radius 1 is 0.889 bits per heavy atom. The van der Waals surface area contributed by atoms with Gasteiger partial charge in [-0.2, -0.15) is 0 Å². The highest BCUT2D eigenvalue weighted by Gasteiger charge is 2.09. The summed E-state index contributed by atoms with van der Waals surface area (Å²) in [5.41, 5.74) is 2.52. The van der Waals surface area contributed by atoms with Crippen LogP contribution in [0.15, 0.2) is 69.9 Å². The fraction of sp³-hybridized carbons (Fsp3) is 0. The first-order valence-electron chi connectivity index (χ1n) is 8.39. The summed E-state index contributed by atoms with van der Waals surface area (Å²) < 4.78 is 6.99. The molecule has 2 aromatic carbocycles. The normalized spacial score (nSPS) is 11.7. The van der Waals surface area contributed by atoms with E-state index in [2.05, 4.69) is 15.0 Å². The molecule has 0 spiro atoms. The van der Waals surface area contributed by atoms with Gasteiger partial charge in [-0.05, 0) is 48.6 Å². The van der Waals surface area contributed by atoms with Gasteiger partial charge in [0.05, 0.1) is 21.3 Å². The van der Waals surface area contributed by atoms with Crippen LogP contribution >= 0.6 is 11.3 Å². The largest absolute Gasteiger partial charge is 0.454 e. The number of rotatable bonds is 3. The van der Waals surface area contributed by atoms with Gasteiger partial charge < -0.3 is 9.40 Å². The molecule has 3 aromatic heterocycles. The van der Waals surface area contributed by atoms with E-state index in [1.54, 1.807) is 23.5 Å². The number of thiazole rings is 1. The van der Waals surface area contributed by atoms with Crippen LogP contribution in [-0.4, -0.2) is 15.0 Å². The van der Waals surface area contributed by atoms with Crippen LogP contribution in [-0.2, 0) is 0 Å². The molecule has 5 rings (SSSR count). The van der Waals surface area contributed by atoms with Crippen molar-refractivity contribution in [1.29, 1.82) is 0 Å². The minimum absolute atomic E-state index is 0.233. The van der Waals surface area contributed by atoms with Crippen molar-refractivity contribution < 1.29 is 4.42 Å². The van der Waals surface area contributed by atoms with E-state index in [1.807, 2.05) is 60.7 Å². The second-order valence-electron chi connectivity index (χ2n) is 5.99. The van der Waals surface area contributed by atoms with Crippen LogP contribution in [0.3, 0.4) is 0 Å². The molecule has 0 fully saturated rings. The number of H-pyrrole nitrogens is 1. The maximum Gasteiger partial charge on any atom is 0.274 e. The maximum atomic E-state index is 12.2. The zero-order chi connectivity index (χ0) is 18.2. The molecule has 6 heteroatoms. The lowest BCUT2D eigenvalue weighted by atomic mass is 10.3. The molecule has 0 unspecified atom stereocenters. The van der Waals surface area contributed by atoms with Crippen molar-refractivity contribution in [2.24, 2.45) is 0 Å². The average Bonchev–Trinajstić information content (AvgIpc) is 3.33. The Hall–Kier alpha value is -3.51. The van der Waals surface area contributed by atoms with Crippen LogP contribution in [0.1, 0.15) is 11.5 Å². The molecule has 0 radical (unpaired) electrons. The van der Waals surface area contributed by atoms with E-state index < -0.39 is 0 Å². The number of benzene rings is 2. The lowest BCUT2D eigenvalue weighted by molar-refractivity contribution is 0.572. The van der Waals surface area contributed by atoms with Gasteiger partial charge in [-0.1, -0.05) is 24.3 Å². The zero-order valence-corrected chi connectivity index (χ0v) is 14.9. The third-order valence-electron chi connectivity index (χ3n) is 4.16. The number of aromatic amines is 1. The molecule has 27 heavy (non-hydrogen) atoms. The van der Waals surface area contributed by atoms with Crippen molar-refractivity contribution in [2.75, 3.05) is 0 Å². The maximum absolute atomic E-state index is 12.2. The van der Waals surface area contributed by atoms with Crippen LogP contribution in [0.5, 0.6) is 0 Å². The predicted octanol–water partition coefficient (Wildman–Crippen LogP) is 4.96. The highest BCUT2D eigenvalue weighted by molar-refractivity contribution is 7.21. The van der Waals surface area contributed by atoms with Gasteiger partial charge in [-0.3, -0.25) is 4.79 Å². The predicted molar refractivity (Wildman–Crippen MR) is 109 cm³/mol. The smallest absolute Gasteiger partial charge is 0.274 e. The number of fused-ring (bicyclic) bond motifs is 2. The highest BCUT2D eigenvalue weighted by atomic mass is 32.1. The van der Waals surface area contributed by atoms with Gasteiger partial charge in [0.2, 0.25) is 0 Å². The number of aromatic nitrogens is 3. The summed E-state index contributed by atoms with van der Waals surface area (Å²) in [5, 5.41) is 0.831. The van der Waals surface area contributed by atoms with Gasteiger partial charge >= 0.3 is 0 Å². The molecule has 0 amide bonds. The Morgan fingerprint density at radius 2 is 1.70 bits per heavy atom. The summed E-state index contributed by atoms with van der Waals surface area (Å²) >= 11 is 1.59. The summed E-state index contributed by atoms with van der Waals surface area (Å²) in [6, 6.07) is 19.2. The van der Waals surface area contributed by atoms with Crippen LogP contribution < -0.4 is 5.56 Å². The topological polar surface area (TPSA) is 71.8 Å². The lowest BCUT2D eigenvalue weighted by Gasteiger charge is -1.97. The molecule has 3 heterocycles. The molecule has 0 saturated carbocycles. The second kappa shape index (κ2) is 6.34. The molecule has 5 aromatic rings. The molecule has 0 atom stereocenters. The van der Waals surface area contributed by atoms with E-state index >= 15 is 0 Å². The monoisotopic (exact) mass is 371 g/mol. The van der Waals surface area contributed by atoms with Crippen molar-refractivity contribution in [3.05, 3.63) is 82.5 Å². The molecular formula is C21H13N3O2S. The number of para-hydroxylation sites is 3. The van der Waals surface area contributed by atoms with Gasteiger partial charge in [-0.25, -0.2) is 9.97 Å². The Kier molecular flexibility index (Phi) is 3.69. The van der Waals surface area contributed by atoms with E-state index in [9.17, 15) is 4.79 Å². The number of hydrogen-bond acceptors (Lipinski definition) is 5. The van der Waals surface area contributed by atoms with Gasteiger partial charge in [0.15, 0.2) is 10.8 Å². The average molecular weight is 371 g/mol. The molecule has 130 valence electrons. The number of nitrogens with one attached hydrogen (secondary N) is 1. The Bertz CT molecular complexity index is 1330. The fourth-order valence-corrected chi connectivity index (χ4v) is 3.78. The summed E-state index contributed by atoms with van der Waals surface area (Å²) in [4.78, 5) is 24.0. The first kappa shape index (κ1) is 15.7. The zero-order valence-electron chi connectivity index (χ0n) is 14.0. The van der Waals surface area contributed by atoms with E-state index in [0.29, 0.717) is 17.2 Å². The first-order chi connectivity index (χ1) is 13.3. The van der Waals surface area contributed by atoms with E-state index in [-0.39, 0.29) is 5.56 Å².